The van der Waals surface area contributed by atoms with Crippen molar-refractivity contribution in [1.29, 1.82) is 0 Å². The normalized spacial score (nSPS) is 26.9. The Hall–Kier alpha value is -7.28. The van der Waals surface area contributed by atoms with E-state index in [4.69, 9.17) is 56.8 Å². The predicted molar refractivity (Wildman–Crippen MR) is 425 cm³/mol. The number of hydrogen-bond acceptors (Lipinski definition) is 42. The number of unbranched alkanes of at least 4 members (excludes halogenated alkanes) is 1. The first-order valence-corrected chi connectivity index (χ1v) is 43.0. The quantitative estimate of drug-likeness (QED) is 0.0127. The summed E-state index contributed by atoms with van der Waals surface area (Å²) in [5.74, 6) is -1.82. The first-order valence-electron chi connectivity index (χ1n) is 40.7. The number of ether oxygens (including phenoxy) is 12. The Kier molecular flexibility index (Phi) is 42.8. The fourth-order valence-electron chi connectivity index (χ4n) is 13.9. The summed E-state index contributed by atoms with van der Waals surface area (Å²) in [6, 6.07) is 0.162. The van der Waals surface area contributed by atoms with Crippen LogP contribution >= 0.6 is 21.6 Å². The highest BCUT2D eigenvalue weighted by Gasteiger charge is 2.49. The van der Waals surface area contributed by atoms with Gasteiger partial charge < -0.3 is 145 Å². The molecule has 4 fully saturated rings. The van der Waals surface area contributed by atoms with E-state index in [2.05, 4.69) is 82.8 Å². The largest absolute Gasteiger partial charge is 0.394 e. The van der Waals surface area contributed by atoms with E-state index in [1.54, 1.807) is 38.8 Å². The summed E-state index contributed by atoms with van der Waals surface area (Å²) in [6.07, 6.45) is -13.1. The average Bonchev–Trinajstić information content (AvgIpc) is 1.22. The van der Waals surface area contributed by atoms with Crippen LogP contribution in [0.3, 0.4) is 0 Å². The van der Waals surface area contributed by atoms with E-state index in [9.17, 15) is 80.5 Å². The minimum atomic E-state index is -1.51. The molecule has 9 heterocycles. The van der Waals surface area contributed by atoms with E-state index < -0.39 is 179 Å². The van der Waals surface area contributed by atoms with Crippen LogP contribution in [0.4, 0.5) is 0 Å². The molecule has 0 saturated carbocycles. The van der Waals surface area contributed by atoms with Crippen LogP contribution in [0.25, 0.3) is 0 Å². The van der Waals surface area contributed by atoms with Gasteiger partial charge in [0.15, 0.2) is 25.2 Å². The molecule has 20 unspecified atom stereocenters. The van der Waals surface area contributed by atoms with Gasteiger partial charge in [-0.1, -0.05) is 38.9 Å². The third kappa shape index (κ3) is 31.6. The number of aliphatic hydroxyl groups is 12. The number of nitrogens with one attached hydrogen (secondary N) is 6. The maximum atomic E-state index is 15.2. The van der Waals surface area contributed by atoms with Gasteiger partial charge in [-0.25, -0.2) is 19.0 Å². The number of hydrogen-bond donors (Lipinski definition) is 18. The first-order chi connectivity index (χ1) is 59.8. The number of aromatic nitrogens is 13. The Bertz CT molecular complexity index is 3830. The number of carbonyl (C=O) groups is 5. The number of aromatic amines is 1. The van der Waals surface area contributed by atoms with Crippen molar-refractivity contribution in [3.8, 4) is 0 Å². The summed E-state index contributed by atoms with van der Waals surface area (Å²) in [4.78, 5) is 71.6. The van der Waals surface area contributed by atoms with Crippen molar-refractivity contribution in [3.05, 3.63) is 71.5 Å². The van der Waals surface area contributed by atoms with Crippen molar-refractivity contribution in [2.75, 3.05) is 125 Å². The molecular weight excluding hydrogens is 1690 g/mol. The monoisotopic (exact) mass is 1800 g/mol. The van der Waals surface area contributed by atoms with Crippen LogP contribution in [-0.2, 0) is 133 Å². The summed E-state index contributed by atoms with van der Waals surface area (Å²) in [6.45, 7) is 4.87. The maximum absolute atomic E-state index is 15.2. The fraction of sp³-hybridized carbons (Fsp3) is 0.753. The molecule has 696 valence electrons. The second kappa shape index (κ2) is 52.9. The number of amides is 5. The fourth-order valence-corrected chi connectivity index (χ4v) is 15.7. The van der Waals surface area contributed by atoms with E-state index in [0.29, 0.717) is 53.6 Å². The first kappa shape index (κ1) is 100. The molecule has 4 aliphatic heterocycles. The van der Waals surface area contributed by atoms with Gasteiger partial charge in [-0.2, -0.15) is 15.4 Å². The molecule has 18 N–H and O–H groups in total. The molecule has 21 atom stereocenters. The van der Waals surface area contributed by atoms with Crippen LogP contribution in [0.2, 0.25) is 0 Å². The Labute approximate surface area is 720 Å². The zero-order chi connectivity index (χ0) is 89.0. The second-order valence-electron chi connectivity index (χ2n) is 29.5. The summed E-state index contributed by atoms with van der Waals surface area (Å²) in [7, 11) is 2.98. The molecule has 124 heavy (non-hydrogen) atoms. The van der Waals surface area contributed by atoms with Gasteiger partial charge in [-0.05, 0) is 42.3 Å². The molecule has 5 aromatic heterocycles. The van der Waals surface area contributed by atoms with Crippen LogP contribution in [0.1, 0.15) is 75.4 Å². The molecule has 5 aromatic rings. The summed E-state index contributed by atoms with van der Waals surface area (Å²) in [5, 5.41) is 176. The number of H-pyrrole nitrogens is 1. The Morgan fingerprint density at radius 3 is 1.25 bits per heavy atom. The molecule has 49 nitrogen and oxygen atoms in total. The third-order valence-electron chi connectivity index (χ3n) is 20.1. The van der Waals surface area contributed by atoms with Crippen LogP contribution in [-0.4, -0.2) is 419 Å². The van der Waals surface area contributed by atoms with Gasteiger partial charge >= 0.3 is 0 Å². The highest BCUT2D eigenvalue weighted by atomic mass is 33.1. The molecule has 9 rings (SSSR count). The second-order valence-corrected chi connectivity index (χ2v) is 32.0. The van der Waals surface area contributed by atoms with Gasteiger partial charge in [0, 0.05) is 97.4 Å². The van der Waals surface area contributed by atoms with Gasteiger partial charge in [-0.15, -0.1) is 15.3 Å². The van der Waals surface area contributed by atoms with E-state index >= 15 is 4.79 Å². The van der Waals surface area contributed by atoms with Crippen molar-refractivity contribution < 1.29 is 142 Å². The lowest BCUT2D eigenvalue weighted by molar-refractivity contribution is -0.272. The Morgan fingerprint density at radius 2 is 0.871 bits per heavy atom. The molecule has 0 spiro atoms. The van der Waals surface area contributed by atoms with Crippen LogP contribution < -0.4 is 26.6 Å². The summed E-state index contributed by atoms with van der Waals surface area (Å²) >= 11 is 0. The SMILES string of the molecule is CC(=O)NC1C(OCCOCCc2n[nH]nc2CN(Cc2cn(CCOCCOC3OC(CO)C(O)C(O)C3NC(C)=O)nn2)[C@H](CCCCN(Cc2cn(CCOCCOC3OC(CO)C(O)C(O)C3NC(C)=O)nn2)Cc2cn(CCOCCOC3OC(CO)C(O)C(O)C3NC(C)=O)nn2)C(=O)NCCSSc2ccccn2)OC(CO)C(O)C1O. The molecule has 0 radical (unpaired) electrons. The van der Waals surface area contributed by atoms with E-state index in [1.807, 2.05) is 23.1 Å². The third-order valence-corrected chi connectivity index (χ3v) is 22.3. The van der Waals surface area contributed by atoms with Gasteiger partial charge in [0.05, 0.1) is 160 Å². The zero-order valence-corrected chi connectivity index (χ0v) is 70.9. The molecule has 0 aliphatic carbocycles. The minimum Gasteiger partial charge on any atom is -0.394 e. The zero-order valence-electron chi connectivity index (χ0n) is 69.3. The number of aliphatic hydroxyl groups excluding tert-OH is 12. The van der Waals surface area contributed by atoms with Gasteiger partial charge in [-0.3, -0.25) is 33.8 Å². The lowest BCUT2D eigenvalue weighted by atomic mass is 9.97. The van der Waals surface area contributed by atoms with Gasteiger partial charge in [0.25, 0.3) is 0 Å². The van der Waals surface area contributed by atoms with Crippen molar-refractivity contribution >= 4 is 51.1 Å². The van der Waals surface area contributed by atoms with Gasteiger partial charge in [0.1, 0.15) is 102 Å². The molecule has 0 aromatic carbocycles. The van der Waals surface area contributed by atoms with Crippen molar-refractivity contribution in [1.82, 2.24) is 102 Å². The molecule has 5 amide bonds. The Morgan fingerprint density at radius 1 is 0.484 bits per heavy atom. The standard InChI is InChI=1S/C73H118N20O29S2/c1-42(98)76-57-65(106)61(102)52(38-94)119-70(57)115-26-22-111-18-11-49-50(84-85-83-49)37-90(33-48-36-93(88-82-48)17-21-114-25-29-118-73-60(79-45(4)101)68(109)64(105)55(41-97)122-73)51(69(110)75-13-30-123-124-56-10-5-7-12-74-56)9-6-8-14-89(31-46-34-91(86-80-46)15-19-112-23-27-116-71-58(77-43(2)99)66(107)62(103)53(39-95)120-71)32-47-35-92(87-81-47)16-20-113-24-28-117-72-59(78-44(3)100)67(108)63(104)54(40-96)121-72/h5,7,10,12,34-36,51-55,57-68,70-73,94-97,102-109H,6,8-9,11,13-33,37-41H2,1-4H3,(H,75,110)(H,76,98)(H,77,99)(H,78,100)(H,79,101)(H,83,84,85)/t51-,52?,53?,54?,55?,57?,58?,59?,60?,61?,62?,63?,64?,65?,66?,67?,68?,70?,71?,72?,73?/m1/s1. The molecule has 51 heteroatoms. The number of carbonyl (C=O) groups excluding carboxylic acids is 5. The van der Waals surface area contributed by atoms with Crippen molar-refractivity contribution in [3.63, 3.8) is 0 Å². The molecule has 4 saturated heterocycles. The highest BCUT2D eigenvalue weighted by Crippen LogP contribution is 2.30. The van der Waals surface area contributed by atoms with Crippen LogP contribution in [0, 0.1) is 0 Å². The minimum absolute atomic E-state index is 0.000576. The Balaban J connectivity index is 0.890. The van der Waals surface area contributed by atoms with Crippen LogP contribution in [0.5, 0.6) is 0 Å². The summed E-state index contributed by atoms with van der Waals surface area (Å²) < 4.78 is 74.3. The summed E-state index contributed by atoms with van der Waals surface area (Å²) in [5.41, 5.74) is 2.60. The van der Waals surface area contributed by atoms with Crippen molar-refractivity contribution in [2.24, 2.45) is 0 Å². The number of pyridine rings is 1. The van der Waals surface area contributed by atoms with Crippen molar-refractivity contribution in [2.45, 2.75) is 233 Å². The molecule has 0 bridgehead atoms. The topological polar surface area (TPSA) is 652 Å². The number of rotatable bonds is 56. The van der Waals surface area contributed by atoms with Gasteiger partial charge in [0.2, 0.25) is 29.5 Å². The van der Waals surface area contributed by atoms with E-state index in [1.165, 1.54) is 49.3 Å². The molecular formula is C73H118N20O29S2. The maximum Gasteiger partial charge on any atom is 0.237 e. The lowest BCUT2D eigenvalue weighted by Crippen LogP contribution is -2.64. The van der Waals surface area contributed by atoms with E-state index in [-0.39, 0.29) is 150 Å². The average molecular weight is 1800 g/mol. The van der Waals surface area contributed by atoms with Crippen LogP contribution in [0.15, 0.2) is 48.0 Å². The smallest absolute Gasteiger partial charge is 0.237 e. The molecule has 4 aliphatic rings. The number of nitrogens with zero attached hydrogens (tertiary/aromatic N) is 14. The van der Waals surface area contributed by atoms with E-state index in [0.717, 1.165) is 5.03 Å². The predicted octanol–water partition coefficient (Wildman–Crippen LogP) is -8.78. The highest BCUT2D eigenvalue weighted by molar-refractivity contribution is 8.76. The lowest BCUT2D eigenvalue weighted by Gasteiger charge is -2.42.